The SMILES string of the molecule is C=C=C(C1CNc2cc(C)ccc2O1)N1CCC(C#N)(Cc2ccc(C)cc2)CC1. The Morgan fingerprint density at radius 3 is 2.53 bits per heavy atom. The van der Waals surface area contributed by atoms with Crippen LogP contribution in [0.5, 0.6) is 5.75 Å². The molecular weight excluding hydrogens is 370 g/mol. The number of hydrogen-bond donors (Lipinski definition) is 1. The summed E-state index contributed by atoms with van der Waals surface area (Å²) in [6, 6.07) is 17.4. The number of piperidine rings is 1. The van der Waals surface area contributed by atoms with Crippen LogP contribution in [-0.4, -0.2) is 30.6 Å². The molecule has 1 atom stereocenters. The van der Waals surface area contributed by atoms with E-state index in [2.05, 4.69) is 78.8 Å². The van der Waals surface area contributed by atoms with E-state index in [4.69, 9.17) is 4.74 Å². The Bertz CT molecular complexity index is 1000. The van der Waals surface area contributed by atoms with Gasteiger partial charge in [0, 0.05) is 13.1 Å². The van der Waals surface area contributed by atoms with Crippen molar-refractivity contribution < 1.29 is 4.74 Å². The number of fused-ring (bicyclic) bond motifs is 1. The van der Waals surface area contributed by atoms with Crippen molar-refractivity contribution in [1.29, 1.82) is 5.26 Å². The van der Waals surface area contributed by atoms with Gasteiger partial charge in [0.2, 0.25) is 0 Å². The fourth-order valence-electron chi connectivity index (χ4n) is 4.46. The average Bonchev–Trinajstić information content (AvgIpc) is 2.77. The Kier molecular flexibility index (Phi) is 5.57. The molecule has 154 valence electrons. The van der Waals surface area contributed by atoms with Crippen LogP contribution in [0.4, 0.5) is 5.69 Å². The third-order valence-electron chi connectivity index (χ3n) is 6.33. The first-order valence-corrected chi connectivity index (χ1v) is 10.6. The molecule has 2 aliphatic heterocycles. The van der Waals surface area contributed by atoms with Crippen LogP contribution < -0.4 is 10.1 Å². The molecule has 30 heavy (non-hydrogen) atoms. The molecule has 2 aromatic rings. The zero-order valence-electron chi connectivity index (χ0n) is 17.9. The monoisotopic (exact) mass is 399 g/mol. The van der Waals surface area contributed by atoms with Crippen molar-refractivity contribution in [3.8, 4) is 11.8 Å². The van der Waals surface area contributed by atoms with Crippen molar-refractivity contribution in [1.82, 2.24) is 4.90 Å². The van der Waals surface area contributed by atoms with E-state index < -0.39 is 0 Å². The smallest absolute Gasteiger partial charge is 0.163 e. The van der Waals surface area contributed by atoms with Gasteiger partial charge >= 0.3 is 0 Å². The molecule has 2 aliphatic rings. The van der Waals surface area contributed by atoms with Crippen LogP contribution in [0.1, 0.15) is 29.5 Å². The van der Waals surface area contributed by atoms with Gasteiger partial charge in [-0.3, -0.25) is 0 Å². The van der Waals surface area contributed by atoms with Crippen LogP contribution in [0.25, 0.3) is 0 Å². The molecule has 1 unspecified atom stereocenters. The second-order valence-corrected chi connectivity index (χ2v) is 8.59. The normalized spacial score (nSPS) is 19.5. The first-order valence-electron chi connectivity index (χ1n) is 10.6. The Morgan fingerprint density at radius 1 is 1.17 bits per heavy atom. The van der Waals surface area contributed by atoms with Gasteiger partial charge in [-0.25, -0.2) is 0 Å². The summed E-state index contributed by atoms with van der Waals surface area (Å²) in [5.41, 5.74) is 8.53. The van der Waals surface area contributed by atoms with Crippen molar-refractivity contribution in [2.24, 2.45) is 5.41 Å². The number of nitriles is 1. The highest BCUT2D eigenvalue weighted by molar-refractivity contribution is 5.60. The number of hydrogen-bond acceptors (Lipinski definition) is 4. The van der Waals surface area contributed by atoms with Crippen LogP contribution in [0, 0.1) is 30.6 Å². The first-order chi connectivity index (χ1) is 14.5. The number of benzene rings is 2. The lowest BCUT2D eigenvalue weighted by molar-refractivity contribution is 0.133. The lowest BCUT2D eigenvalue weighted by Crippen LogP contribution is -2.45. The zero-order chi connectivity index (χ0) is 21.1. The minimum absolute atomic E-state index is 0.121. The summed E-state index contributed by atoms with van der Waals surface area (Å²) in [6.45, 7) is 10.4. The molecule has 0 aromatic heterocycles. The third-order valence-corrected chi connectivity index (χ3v) is 6.33. The van der Waals surface area contributed by atoms with Gasteiger partial charge < -0.3 is 15.0 Å². The van der Waals surface area contributed by atoms with E-state index in [-0.39, 0.29) is 11.5 Å². The van der Waals surface area contributed by atoms with Crippen LogP contribution in [0.15, 0.2) is 60.5 Å². The molecule has 1 fully saturated rings. The lowest BCUT2D eigenvalue weighted by atomic mass is 9.75. The largest absolute Gasteiger partial charge is 0.480 e. The molecule has 2 aromatic carbocycles. The molecule has 1 N–H and O–H groups in total. The average molecular weight is 400 g/mol. The van der Waals surface area contributed by atoms with E-state index in [1.807, 2.05) is 6.07 Å². The van der Waals surface area contributed by atoms with Gasteiger partial charge in [-0.2, -0.15) is 5.26 Å². The molecule has 0 spiro atoms. The number of ether oxygens (including phenoxy) is 1. The quantitative estimate of drug-likeness (QED) is 0.736. The summed E-state index contributed by atoms with van der Waals surface area (Å²) in [6.07, 6.45) is 2.35. The highest BCUT2D eigenvalue weighted by Gasteiger charge is 2.37. The van der Waals surface area contributed by atoms with Crippen molar-refractivity contribution >= 4 is 5.69 Å². The minimum Gasteiger partial charge on any atom is -0.480 e. The first kappa shape index (κ1) is 20.1. The lowest BCUT2D eigenvalue weighted by Gasteiger charge is -2.41. The molecule has 0 amide bonds. The third kappa shape index (κ3) is 4.08. The Morgan fingerprint density at radius 2 is 1.87 bits per heavy atom. The van der Waals surface area contributed by atoms with E-state index in [9.17, 15) is 5.26 Å². The predicted molar refractivity (Wildman–Crippen MR) is 120 cm³/mol. The summed E-state index contributed by atoms with van der Waals surface area (Å²) in [7, 11) is 0. The molecule has 0 aliphatic carbocycles. The van der Waals surface area contributed by atoms with E-state index in [0.717, 1.165) is 49.5 Å². The molecule has 0 radical (unpaired) electrons. The van der Waals surface area contributed by atoms with Gasteiger partial charge in [-0.15, -0.1) is 5.73 Å². The molecule has 4 heteroatoms. The Hall–Kier alpha value is -3.15. The number of nitrogens with one attached hydrogen (secondary N) is 1. The molecule has 4 rings (SSSR count). The number of nitrogens with zero attached hydrogens (tertiary/aromatic N) is 2. The van der Waals surface area contributed by atoms with Gasteiger partial charge in [0.05, 0.1) is 29.4 Å². The van der Waals surface area contributed by atoms with E-state index in [0.29, 0.717) is 6.54 Å². The van der Waals surface area contributed by atoms with Gasteiger partial charge in [0.25, 0.3) is 0 Å². The highest BCUT2D eigenvalue weighted by atomic mass is 16.5. The van der Waals surface area contributed by atoms with Crippen LogP contribution >= 0.6 is 0 Å². The van der Waals surface area contributed by atoms with Gasteiger partial charge in [0.1, 0.15) is 5.75 Å². The summed E-state index contributed by atoms with van der Waals surface area (Å²) >= 11 is 0. The summed E-state index contributed by atoms with van der Waals surface area (Å²) in [5.74, 6) is 0.868. The van der Waals surface area contributed by atoms with Crippen LogP contribution in [0.2, 0.25) is 0 Å². The summed E-state index contributed by atoms with van der Waals surface area (Å²) in [4.78, 5) is 2.29. The highest BCUT2D eigenvalue weighted by Crippen LogP contribution is 2.37. The van der Waals surface area contributed by atoms with Gasteiger partial charge in [-0.1, -0.05) is 42.5 Å². The molecule has 0 bridgehead atoms. The minimum atomic E-state index is -0.312. The van der Waals surface area contributed by atoms with Crippen molar-refractivity contribution in [2.75, 3.05) is 25.0 Å². The number of rotatable bonds is 4. The standard InChI is InChI=1S/C26H29N3O/c1-4-23(25-17-28-22-15-20(3)7-10-24(22)30-25)29-13-11-26(18-27,12-14-29)16-21-8-5-19(2)6-9-21/h5-10,15,25,28H,1,11-14,16-17H2,2-3H3. The maximum absolute atomic E-state index is 9.98. The fraction of sp³-hybridized carbons (Fsp3) is 0.385. The number of likely N-dealkylation sites (tertiary alicyclic amines) is 1. The van der Waals surface area contributed by atoms with Crippen molar-refractivity contribution in [3.63, 3.8) is 0 Å². The number of anilines is 1. The van der Waals surface area contributed by atoms with Crippen LogP contribution in [0.3, 0.4) is 0 Å². The summed E-state index contributed by atoms with van der Waals surface area (Å²) in [5, 5.41) is 13.5. The maximum atomic E-state index is 9.98. The van der Waals surface area contributed by atoms with Gasteiger partial charge in [-0.05, 0) is 56.4 Å². The van der Waals surface area contributed by atoms with Crippen molar-refractivity contribution in [2.45, 2.75) is 39.2 Å². The zero-order valence-corrected chi connectivity index (χ0v) is 17.9. The second kappa shape index (κ2) is 8.30. The molecule has 1 saturated heterocycles. The molecule has 0 saturated carbocycles. The number of aryl methyl sites for hydroxylation is 2. The maximum Gasteiger partial charge on any atom is 0.163 e. The second-order valence-electron chi connectivity index (χ2n) is 8.59. The Labute approximate surface area is 179 Å². The molecule has 2 heterocycles. The fourth-order valence-corrected chi connectivity index (χ4v) is 4.46. The van der Waals surface area contributed by atoms with Crippen molar-refractivity contribution in [3.05, 3.63) is 77.2 Å². The Balaban J connectivity index is 1.43. The van der Waals surface area contributed by atoms with E-state index in [1.54, 1.807) is 0 Å². The van der Waals surface area contributed by atoms with Crippen LogP contribution in [-0.2, 0) is 6.42 Å². The van der Waals surface area contributed by atoms with Gasteiger partial charge in [0.15, 0.2) is 6.10 Å². The van der Waals surface area contributed by atoms with E-state index in [1.165, 1.54) is 16.7 Å². The predicted octanol–water partition coefficient (Wildman–Crippen LogP) is 4.99. The topological polar surface area (TPSA) is 48.3 Å². The molecule has 4 nitrogen and oxygen atoms in total. The van der Waals surface area contributed by atoms with E-state index >= 15 is 0 Å². The summed E-state index contributed by atoms with van der Waals surface area (Å²) < 4.78 is 6.27. The molecular formula is C26H29N3O.